The normalized spacial score (nSPS) is 14.0. The van der Waals surface area contributed by atoms with Gasteiger partial charge in [0, 0.05) is 35.4 Å². The van der Waals surface area contributed by atoms with E-state index >= 15 is 0 Å². The second kappa shape index (κ2) is 6.77. The van der Waals surface area contributed by atoms with Crippen molar-refractivity contribution in [1.82, 2.24) is 14.5 Å². The number of rotatable bonds is 5. The van der Waals surface area contributed by atoms with Crippen molar-refractivity contribution in [3.63, 3.8) is 0 Å². The molecular weight excluding hydrogens is 310 g/mol. The fourth-order valence-corrected chi connectivity index (χ4v) is 2.45. The summed E-state index contributed by atoms with van der Waals surface area (Å²) in [6.07, 6.45) is 12.2. The van der Waals surface area contributed by atoms with Gasteiger partial charge in [0.2, 0.25) is 0 Å². The summed E-state index contributed by atoms with van der Waals surface area (Å²) in [5, 5.41) is 11.9. The SMILES string of the molecule is OC(C=Cc1ccc(Cl)cc1)(Cn1ccnc1)c1cccnc1. The summed E-state index contributed by atoms with van der Waals surface area (Å²) in [7, 11) is 0. The van der Waals surface area contributed by atoms with Crippen LogP contribution in [0.25, 0.3) is 6.08 Å². The van der Waals surface area contributed by atoms with Crippen molar-refractivity contribution >= 4 is 17.7 Å². The predicted molar refractivity (Wildman–Crippen MR) is 90.8 cm³/mol. The van der Waals surface area contributed by atoms with E-state index in [0.29, 0.717) is 11.6 Å². The van der Waals surface area contributed by atoms with Crippen LogP contribution in [-0.2, 0) is 12.1 Å². The van der Waals surface area contributed by atoms with Crippen LogP contribution in [0.1, 0.15) is 11.1 Å². The zero-order valence-electron chi connectivity index (χ0n) is 12.4. The lowest BCUT2D eigenvalue weighted by atomic mass is 9.93. The minimum Gasteiger partial charge on any atom is -0.379 e. The van der Waals surface area contributed by atoms with E-state index in [1.54, 1.807) is 31.0 Å². The Morgan fingerprint density at radius 1 is 1.13 bits per heavy atom. The van der Waals surface area contributed by atoms with E-state index < -0.39 is 5.60 Å². The molecule has 0 bridgehead atoms. The molecule has 2 aromatic heterocycles. The molecule has 5 heteroatoms. The number of pyridine rings is 1. The Morgan fingerprint density at radius 2 is 1.96 bits per heavy atom. The highest BCUT2D eigenvalue weighted by molar-refractivity contribution is 6.30. The lowest BCUT2D eigenvalue weighted by molar-refractivity contribution is 0.0701. The molecule has 1 N–H and O–H groups in total. The molecule has 116 valence electrons. The maximum Gasteiger partial charge on any atom is 0.127 e. The molecule has 23 heavy (non-hydrogen) atoms. The van der Waals surface area contributed by atoms with Crippen LogP contribution in [0.3, 0.4) is 0 Å². The van der Waals surface area contributed by atoms with Gasteiger partial charge in [-0.05, 0) is 29.8 Å². The lowest BCUT2D eigenvalue weighted by Gasteiger charge is -2.25. The van der Waals surface area contributed by atoms with Gasteiger partial charge in [0.25, 0.3) is 0 Å². The standard InChI is InChI=1S/C18H16ClN3O/c19-17-5-3-15(4-6-17)7-8-18(23,13-22-11-10-21-14-22)16-2-1-9-20-12-16/h1-12,14,23H,13H2. The van der Waals surface area contributed by atoms with Crippen LogP contribution in [0.15, 0.2) is 73.6 Å². The number of benzene rings is 1. The zero-order valence-corrected chi connectivity index (χ0v) is 13.1. The van der Waals surface area contributed by atoms with E-state index in [0.717, 1.165) is 11.1 Å². The molecule has 0 aliphatic carbocycles. The molecule has 3 rings (SSSR count). The number of hydrogen-bond donors (Lipinski definition) is 1. The molecule has 1 aromatic carbocycles. The smallest absolute Gasteiger partial charge is 0.127 e. The third-order valence-corrected chi connectivity index (χ3v) is 3.82. The van der Waals surface area contributed by atoms with Gasteiger partial charge < -0.3 is 9.67 Å². The van der Waals surface area contributed by atoms with Gasteiger partial charge in [-0.3, -0.25) is 4.98 Å². The van der Waals surface area contributed by atoms with Gasteiger partial charge in [-0.25, -0.2) is 4.98 Å². The van der Waals surface area contributed by atoms with Gasteiger partial charge in [-0.2, -0.15) is 0 Å². The average Bonchev–Trinajstić information content (AvgIpc) is 3.08. The monoisotopic (exact) mass is 325 g/mol. The summed E-state index contributed by atoms with van der Waals surface area (Å²) in [4.78, 5) is 8.14. The Balaban J connectivity index is 1.93. The Morgan fingerprint density at radius 3 is 2.61 bits per heavy atom. The molecule has 0 fully saturated rings. The number of hydrogen-bond acceptors (Lipinski definition) is 3. The first-order valence-electron chi connectivity index (χ1n) is 7.19. The molecule has 0 spiro atoms. The summed E-state index contributed by atoms with van der Waals surface area (Å²) in [5.41, 5.74) is 0.496. The van der Waals surface area contributed by atoms with Crippen molar-refractivity contribution in [2.75, 3.05) is 0 Å². The first-order valence-corrected chi connectivity index (χ1v) is 7.57. The molecule has 3 aromatic rings. The number of imidazole rings is 1. The highest BCUT2D eigenvalue weighted by atomic mass is 35.5. The van der Waals surface area contributed by atoms with Crippen LogP contribution >= 0.6 is 11.6 Å². The molecule has 2 heterocycles. The van der Waals surface area contributed by atoms with Crippen LogP contribution in [0, 0.1) is 0 Å². The second-order valence-corrected chi connectivity index (χ2v) is 5.72. The second-order valence-electron chi connectivity index (χ2n) is 5.29. The number of aliphatic hydroxyl groups is 1. The van der Waals surface area contributed by atoms with Crippen LogP contribution in [-0.4, -0.2) is 19.6 Å². The van der Waals surface area contributed by atoms with Crippen molar-refractivity contribution in [1.29, 1.82) is 0 Å². The fraction of sp³-hybridized carbons (Fsp3) is 0.111. The summed E-state index contributed by atoms with van der Waals surface area (Å²) < 4.78 is 1.83. The summed E-state index contributed by atoms with van der Waals surface area (Å²) in [6, 6.07) is 11.1. The van der Waals surface area contributed by atoms with Crippen molar-refractivity contribution in [3.05, 3.63) is 89.7 Å². The molecule has 1 atom stereocenters. The summed E-state index contributed by atoms with van der Waals surface area (Å²) in [5.74, 6) is 0. The van der Waals surface area contributed by atoms with E-state index in [4.69, 9.17) is 11.6 Å². The van der Waals surface area contributed by atoms with Crippen molar-refractivity contribution in [2.45, 2.75) is 12.1 Å². The molecule has 1 unspecified atom stereocenters. The Labute approximate surface area is 139 Å². The Bertz CT molecular complexity index is 770. The summed E-state index contributed by atoms with van der Waals surface area (Å²) >= 11 is 5.90. The quantitative estimate of drug-likeness (QED) is 0.780. The number of aromatic nitrogens is 3. The van der Waals surface area contributed by atoms with E-state index in [9.17, 15) is 5.11 Å². The minimum absolute atomic E-state index is 0.350. The predicted octanol–water partition coefficient (Wildman–Crippen LogP) is 3.53. The van der Waals surface area contributed by atoms with Crippen molar-refractivity contribution in [2.24, 2.45) is 0 Å². The first-order chi connectivity index (χ1) is 11.2. The highest BCUT2D eigenvalue weighted by Crippen LogP contribution is 2.25. The zero-order chi connectivity index (χ0) is 16.1. The van der Waals surface area contributed by atoms with Crippen LogP contribution in [0.5, 0.6) is 0 Å². The molecule has 0 saturated carbocycles. The van der Waals surface area contributed by atoms with E-state index in [2.05, 4.69) is 9.97 Å². The van der Waals surface area contributed by atoms with Crippen molar-refractivity contribution in [3.8, 4) is 0 Å². The molecular formula is C18H16ClN3O. The maximum absolute atomic E-state index is 11.2. The topological polar surface area (TPSA) is 50.9 Å². The van der Waals surface area contributed by atoms with Gasteiger partial charge in [0.15, 0.2) is 0 Å². The van der Waals surface area contributed by atoms with Gasteiger partial charge in [0.05, 0.1) is 12.9 Å². The third kappa shape index (κ3) is 3.86. The van der Waals surface area contributed by atoms with E-state index in [-0.39, 0.29) is 0 Å². The maximum atomic E-state index is 11.2. The summed E-state index contributed by atoms with van der Waals surface area (Å²) in [6.45, 7) is 0.350. The molecule has 0 saturated heterocycles. The minimum atomic E-state index is -1.19. The van der Waals surface area contributed by atoms with Gasteiger partial charge in [-0.15, -0.1) is 0 Å². The molecule has 0 amide bonds. The van der Waals surface area contributed by atoms with E-state index in [1.165, 1.54) is 0 Å². The number of halogens is 1. The molecule has 0 radical (unpaired) electrons. The molecule has 4 nitrogen and oxygen atoms in total. The molecule has 0 aliphatic rings. The van der Waals surface area contributed by atoms with Gasteiger partial charge >= 0.3 is 0 Å². The van der Waals surface area contributed by atoms with Crippen LogP contribution in [0.4, 0.5) is 0 Å². The highest BCUT2D eigenvalue weighted by Gasteiger charge is 2.27. The van der Waals surface area contributed by atoms with Crippen LogP contribution < -0.4 is 0 Å². The van der Waals surface area contributed by atoms with Crippen LogP contribution in [0.2, 0.25) is 5.02 Å². The van der Waals surface area contributed by atoms with Crippen molar-refractivity contribution < 1.29 is 5.11 Å². The Hall–Kier alpha value is -2.43. The first kappa shape index (κ1) is 15.5. The van der Waals surface area contributed by atoms with Gasteiger partial charge in [0.1, 0.15) is 5.60 Å². The average molecular weight is 326 g/mol. The van der Waals surface area contributed by atoms with Gasteiger partial charge in [-0.1, -0.05) is 35.9 Å². The van der Waals surface area contributed by atoms with E-state index in [1.807, 2.05) is 53.2 Å². The third-order valence-electron chi connectivity index (χ3n) is 3.57. The number of nitrogens with zero attached hydrogens (tertiary/aromatic N) is 3. The fourth-order valence-electron chi connectivity index (χ4n) is 2.33. The lowest BCUT2D eigenvalue weighted by Crippen LogP contribution is -2.28. The molecule has 0 aliphatic heterocycles. The Kier molecular flexibility index (Phi) is 4.55. The largest absolute Gasteiger partial charge is 0.379 e.